The first-order chi connectivity index (χ1) is 12.2. The highest BCUT2D eigenvalue weighted by molar-refractivity contribution is 5.84. The second-order valence-electron chi connectivity index (χ2n) is 6.16. The zero-order valence-corrected chi connectivity index (χ0v) is 14.8. The van der Waals surface area contributed by atoms with Gasteiger partial charge in [-0.25, -0.2) is 0 Å². The standard InChI is InChI=1S/C21H24N2O2/c1-3-25-15-18-10-8-17(9-11-18)13-22-21(24)14-23-16(2)12-19-6-4-5-7-20(19)23/h4-12H,3,13-15H2,1-2H3,(H,22,24). The van der Waals surface area contributed by atoms with Gasteiger partial charge in [-0.1, -0.05) is 42.5 Å². The Morgan fingerprint density at radius 2 is 1.80 bits per heavy atom. The fourth-order valence-corrected chi connectivity index (χ4v) is 2.93. The highest BCUT2D eigenvalue weighted by Crippen LogP contribution is 2.18. The average Bonchev–Trinajstić information content (AvgIpc) is 2.94. The number of ether oxygens (including phenoxy) is 1. The molecule has 130 valence electrons. The van der Waals surface area contributed by atoms with Crippen LogP contribution in [0.3, 0.4) is 0 Å². The van der Waals surface area contributed by atoms with E-state index in [0.717, 1.165) is 27.7 Å². The maximum atomic E-state index is 12.3. The van der Waals surface area contributed by atoms with Gasteiger partial charge in [-0.05, 0) is 42.5 Å². The van der Waals surface area contributed by atoms with Crippen molar-refractivity contribution in [2.75, 3.05) is 6.61 Å². The molecule has 0 saturated heterocycles. The minimum absolute atomic E-state index is 0.0165. The van der Waals surface area contributed by atoms with Crippen molar-refractivity contribution in [3.63, 3.8) is 0 Å². The Balaban J connectivity index is 1.58. The Hall–Kier alpha value is -2.59. The molecule has 0 atom stereocenters. The lowest BCUT2D eigenvalue weighted by molar-refractivity contribution is -0.121. The first kappa shape index (κ1) is 17.2. The van der Waals surface area contributed by atoms with Gasteiger partial charge in [-0.15, -0.1) is 0 Å². The molecule has 0 saturated carbocycles. The molecule has 0 fully saturated rings. The summed E-state index contributed by atoms with van der Waals surface area (Å²) in [6.45, 7) is 6.23. The number of carbonyl (C=O) groups excluding carboxylic acids is 1. The molecule has 1 heterocycles. The summed E-state index contributed by atoms with van der Waals surface area (Å²) in [5.74, 6) is 0.0165. The van der Waals surface area contributed by atoms with E-state index in [4.69, 9.17) is 4.74 Å². The number of para-hydroxylation sites is 1. The van der Waals surface area contributed by atoms with Crippen molar-refractivity contribution in [3.8, 4) is 0 Å². The molecule has 0 bridgehead atoms. The van der Waals surface area contributed by atoms with E-state index in [1.165, 1.54) is 0 Å². The molecule has 2 aromatic carbocycles. The molecule has 3 aromatic rings. The van der Waals surface area contributed by atoms with Gasteiger partial charge in [0.15, 0.2) is 0 Å². The van der Waals surface area contributed by atoms with E-state index in [-0.39, 0.29) is 5.91 Å². The summed E-state index contributed by atoms with van der Waals surface area (Å²) < 4.78 is 7.44. The number of carbonyl (C=O) groups is 1. The maximum Gasteiger partial charge on any atom is 0.240 e. The van der Waals surface area contributed by atoms with E-state index >= 15 is 0 Å². The van der Waals surface area contributed by atoms with Crippen LogP contribution in [0.15, 0.2) is 54.6 Å². The summed E-state index contributed by atoms with van der Waals surface area (Å²) in [5, 5.41) is 4.17. The summed E-state index contributed by atoms with van der Waals surface area (Å²) in [7, 11) is 0. The van der Waals surface area contributed by atoms with E-state index in [9.17, 15) is 4.79 Å². The van der Waals surface area contributed by atoms with E-state index < -0.39 is 0 Å². The van der Waals surface area contributed by atoms with Crippen LogP contribution in [-0.2, 0) is 29.2 Å². The number of benzene rings is 2. The van der Waals surface area contributed by atoms with Gasteiger partial charge >= 0.3 is 0 Å². The lowest BCUT2D eigenvalue weighted by Gasteiger charge is -2.10. The van der Waals surface area contributed by atoms with Crippen molar-refractivity contribution >= 4 is 16.8 Å². The summed E-state index contributed by atoms with van der Waals surface area (Å²) in [6.07, 6.45) is 0. The smallest absolute Gasteiger partial charge is 0.240 e. The molecule has 4 heteroatoms. The zero-order chi connectivity index (χ0) is 17.6. The number of aromatic nitrogens is 1. The first-order valence-electron chi connectivity index (χ1n) is 8.64. The first-order valence-corrected chi connectivity index (χ1v) is 8.64. The summed E-state index contributed by atoms with van der Waals surface area (Å²) >= 11 is 0. The number of hydrogen-bond acceptors (Lipinski definition) is 2. The van der Waals surface area contributed by atoms with E-state index in [0.29, 0.717) is 26.3 Å². The van der Waals surface area contributed by atoms with Crippen LogP contribution in [0, 0.1) is 6.92 Å². The Morgan fingerprint density at radius 1 is 1.08 bits per heavy atom. The van der Waals surface area contributed by atoms with Gasteiger partial charge in [0.2, 0.25) is 5.91 Å². The minimum atomic E-state index is 0.0165. The predicted octanol–water partition coefficient (Wildman–Crippen LogP) is 3.80. The number of fused-ring (bicyclic) bond motifs is 1. The molecule has 0 aliphatic rings. The molecule has 0 radical (unpaired) electrons. The van der Waals surface area contributed by atoms with E-state index in [1.54, 1.807) is 0 Å². The fourth-order valence-electron chi connectivity index (χ4n) is 2.93. The predicted molar refractivity (Wildman–Crippen MR) is 100 cm³/mol. The molecule has 0 aliphatic heterocycles. The molecule has 0 aliphatic carbocycles. The van der Waals surface area contributed by atoms with Crippen molar-refractivity contribution in [3.05, 3.63) is 71.4 Å². The van der Waals surface area contributed by atoms with Crippen molar-refractivity contribution in [2.45, 2.75) is 33.5 Å². The average molecular weight is 336 g/mol. The van der Waals surface area contributed by atoms with Crippen LogP contribution in [0.1, 0.15) is 23.7 Å². The van der Waals surface area contributed by atoms with Crippen molar-refractivity contribution < 1.29 is 9.53 Å². The van der Waals surface area contributed by atoms with Gasteiger partial charge < -0.3 is 14.6 Å². The number of amides is 1. The highest BCUT2D eigenvalue weighted by Gasteiger charge is 2.09. The van der Waals surface area contributed by atoms with Crippen LogP contribution >= 0.6 is 0 Å². The number of hydrogen-bond donors (Lipinski definition) is 1. The van der Waals surface area contributed by atoms with Crippen molar-refractivity contribution in [2.24, 2.45) is 0 Å². The van der Waals surface area contributed by atoms with Gasteiger partial charge in [0.1, 0.15) is 6.54 Å². The van der Waals surface area contributed by atoms with Crippen LogP contribution < -0.4 is 5.32 Å². The maximum absolute atomic E-state index is 12.3. The van der Waals surface area contributed by atoms with Crippen molar-refractivity contribution in [1.29, 1.82) is 0 Å². The van der Waals surface area contributed by atoms with Crippen LogP contribution in [0.4, 0.5) is 0 Å². The molecule has 1 N–H and O–H groups in total. The molecule has 1 amide bonds. The summed E-state index contributed by atoms with van der Waals surface area (Å²) in [4.78, 5) is 12.3. The van der Waals surface area contributed by atoms with Crippen molar-refractivity contribution in [1.82, 2.24) is 9.88 Å². The molecular weight excluding hydrogens is 312 g/mol. The Morgan fingerprint density at radius 3 is 2.56 bits per heavy atom. The molecule has 25 heavy (non-hydrogen) atoms. The molecule has 3 rings (SSSR count). The lowest BCUT2D eigenvalue weighted by Crippen LogP contribution is -2.27. The summed E-state index contributed by atoms with van der Waals surface area (Å²) in [6, 6.07) is 18.4. The van der Waals surface area contributed by atoms with E-state index in [2.05, 4.69) is 22.0 Å². The second-order valence-corrected chi connectivity index (χ2v) is 6.16. The molecule has 1 aromatic heterocycles. The number of nitrogens with one attached hydrogen (secondary N) is 1. The van der Waals surface area contributed by atoms with Gasteiger partial charge in [0, 0.05) is 24.4 Å². The van der Waals surface area contributed by atoms with Crippen LogP contribution in [0.2, 0.25) is 0 Å². The SMILES string of the molecule is CCOCc1ccc(CNC(=O)Cn2c(C)cc3ccccc32)cc1. The quantitative estimate of drug-likeness (QED) is 0.713. The zero-order valence-electron chi connectivity index (χ0n) is 14.8. The third kappa shape index (κ3) is 4.28. The number of rotatable bonds is 7. The van der Waals surface area contributed by atoms with Crippen LogP contribution in [-0.4, -0.2) is 17.1 Å². The fraction of sp³-hybridized carbons (Fsp3) is 0.286. The third-order valence-electron chi connectivity index (χ3n) is 4.30. The largest absolute Gasteiger partial charge is 0.377 e. The Kier molecular flexibility index (Phi) is 5.51. The van der Waals surface area contributed by atoms with Crippen LogP contribution in [0.5, 0.6) is 0 Å². The third-order valence-corrected chi connectivity index (χ3v) is 4.30. The molecule has 4 nitrogen and oxygen atoms in total. The number of nitrogens with zero attached hydrogens (tertiary/aromatic N) is 1. The Bertz CT molecular complexity index is 850. The normalized spacial score (nSPS) is 11.0. The lowest BCUT2D eigenvalue weighted by atomic mass is 10.1. The van der Waals surface area contributed by atoms with E-state index in [1.807, 2.05) is 56.3 Å². The number of aryl methyl sites for hydroxylation is 1. The van der Waals surface area contributed by atoms with Gasteiger partial charge in [-0.3, -0.25) is 4.79 Å². The summed E-state index contributed by atoms with van der Waals surface area (Å²) in [5.41, 5.74) is 4.42. The topological polar surface area (TPSA) is 43.3 Å². The van der Waals surface area contributed by atoms with Gasteiger partial charge in [0.25, 0.3) is 0 Å². The second kappa shape index (κ2) is 7.99. The molecule has 0 unspecified atom stereocenters. The molecule has 0 spiro atoms. The Labute approximate surface area is 148 Å². The highest BCUT2D eigenvalue weighted by atomic mass is 16.5. The molecular formula is C21H24N2O2. The minimum Gasteiger partial charge on any atom is -0.377 e. The van der Waals surface area contributed by atoms with Gasteiger partial charge in [-0.2, -0.15) is 0 Å². The monoisotopic (exact) mass is 336 g/mol. The van der Waals surface area contributed by atoms with Crippen LogP contribution in [0.25, 0.3) is 10.9 Å². The van der Waals surface area contributed by atoms with Gasteiger partial charge in [0.05, 0.1) is 6.61 Å².